The third-order valence-electron chi connectivity index (χ3n) is 13.1. The fourth-order valence-corrected chi connectivity index (χ4v) is 7.60. The van der Waals surface area contributed by atoms with Crippen LogP contribution in [0.1, 0.15) is 94.9 Å². The van der Waals surface area contributed by atoms with Crippen LogP contribution in [0.25, 0.3) is 24.3 Å². The minimum atomic E-state index is -1.16. The van der Waals surface area contributed by atoms with Gasteiger partial charge in [-0.25, -0.2) is 4.79 Å². The molecule has 19 nitrogen and oxygen atoms in total. The summed E-state index contributed by atoms with van der Waals surface area (Å²) in [6.07, 6.45) is 9.00. The summed E-state index contributed by atoms with van der Waals surface area (Å²) in [6, 6.07) is 49.6. The number of nitro groups is 4. The number of aldehydes is 1. The van der Waals surface area contributed by atoms with Crippen molar-refractivity contribution < 1.29 is 48.9 Å². The average Bonchev–Trinajstić information content (AvgIpc) is 3.70. The van der Waals surface area contributed by atoms with E-state index < -0.39 is 15.8 Å². The smallest absolute Gasteiger partial charge is 0.335 e. The lowest BCUT2D eigenvalue weighted by Gasteiger charge is -2.11. The van der Waals surface area contributed by atoms with Crippen LogP contribution >= 0.6 is 0 Å². The van der Waals surface area contributed by atoms with Crippen LogP contribution in [0, 0.1) is 88.9 Å². The standard InChI is InChI=1S/C18H21N.C17H18N2O2.C9H11NO.C8H7NO4.C8H9NO3.C8H9NO2.CH4.B.2FH/c1-14-5-6-17(13-15(14)2)8-7-16-9-11-18(12-10-16)19(3)4;1-13-4-5-15(12-17(13)19(20)21)7-6-14-8-10-16(11-9-14)18(2)3;1-10(2)9-5-3-8(7-11)4-6-9;1-5-2-3-6(8(10)11)4-7(5)9(12)13;1-6-2-3-7(5-10)4-8(6)9(11)12;1-6-3-4-7(2)8(5-6)9(10)11;;;;/h5-13H,1-4H3;4-12H,1-3H3;3-7H,1-2H3;2-4H,1H3,(H,10,11);2-4,10H,5H2,1H3;3-5H,1-2H3;1H4;;2*1H/b8-7+;7-6+;;;;;;;;/i;;;;;;;;1-1;. The fraction of sp³-hybridized carbons (Fsp3) is 0.217. The zero-order valence-corrected chi connectivity index (χ0v) is 52.7. The molecule has 481 valence electrons. The molecule has 0 aliphatic heterocycles. The summed E-state index contributed by atoms with van der Waals surface area (Å²) < 4.78 is 0. The number of hydrogen-bond donors (Lipinski definition) is 2. The first kappa shape index (κ1) is 82.3. The number of carboxylic acid groups (broad SMARTS) is 1. The number of aliphatic hydroxyl groups excluding tert-OH is 1. The summed E-state index contributed by atoms with van der Waals surface area (Å²) in [7, 11) is 12.0. The first-order valence-corrected chi connectivity index (χ1v) is 27.1. The second-order valence-electron chi connectivity index (χ2n) is 20.5. The van der Waals surface area contributed by atoms with Crippen molar-refractivity contribution in [2.24, 2.45) is 0 Å². The molecular weight excluding hydrogens is 1170 g/mol. The lowest BCUT2D eigenvalue weighted by molar-refractivity contribution is -0.385. The van der Waals surface area contributed by atoms with Gasteiger partial charge in [-0.3, -0.25) is 54.7 Å². The molecule has 0 heterocycles. The Kier molecular flexibility index (Phi) is 36.8. The number of anilines is 3. The Morgan fingerprint density at radius 3 is 1.07 bits per heavy atom. The monoisotopic (exact) mass is 1250 g/mol. The minimum absolute atomic E-state index is 0. The zero-order chi connectivity index (χ0) is 65.1. The van der Waals surface area contributed by atoms with Gasteiger partial charge in [0.2, 0.25) is 0 Å². The van der Waals surface area contributed by atoms with Gasteiger partial charge in [-0.1, -0.05) is 117 Å². The molecule has 8 rings (SSSR count). The van der Waals surface area contributed by atoms with Crippen molar-refractivity contribution in [2.75, 3.05) is 57.0 Å². The Bertz CT molecular complexity index is 3710. The SMILES string of the molecule is C.CN(C)c1ccc(C=O)cc1.Cc1ccc(/C=C/c2ccc(N(C)C)cc2)cc1C.Cc1ccc(/C=C/c2ccc(N(C)C)cc2)cc1[N+](=O)[O-].Cc1ccc(C(=O)O)cc1[N+](=O)[O-].Cc1ccc(C)c([N+](=O)[O-])c1.Cc1ccc(CO)cc1[N+](=O)[O-].F.[18FH].[B]. The Balaban J connectivity index is 0. The molecule has 0 unspecified atom stereocenters. The minimum Gasteiger partial charge on any atom is -0.478 e. The molecule has 22 heteroatoms. The number of nitro benzene ring substituents is 4. The topological polar surface area (TPSA) is 257 Å². The van der Waals surface area contributed by atoms with Crippen molar-refractivity contribution in [1.82, 2.24) is 0 Å². The first-order chi connectivity index (χ1) is 41.0. The van der Waals surface area contributed by atoms with Crippen LogP contribution in [0.5, 0.6) is 0 Å². The highest BCUT2D eigenvalue weighted by atomic mass is 19.0. The second kappa shape index (κ2) is 40.7. The van der Waals surface area contributed by atoms with Crippen molar-refractivity contribution in [3.63, 3.8) is 0 Å². The third kappa shape index (κ3) is 27.9. The molecule has 0 aromatic heterocycles. The van der Waals surface area contributed by atoms with E-state index >= 15 is 0 Å². The van der Waals surface area contributed by atoms with Crippen molar-refractivity contribution in [3.05, 3.63) is 282 Å². The maximum absolute atomic E-state index is 10.9. The van der Waals surface area contributed by atoms with E-state index in [4.69, 9.17) is 10.2 Å². The maximum Gasteiger partial charge on any atom is 0.335 e. The summed E-state index contributed by atoms with van der Waals surface area (Å²) >= 11 is 0. The summed E-state index contributed by atoms with van der Waals surface area (Å²) in [4.78, 5) is 67.3. The predicted molar refractivity (Wildman–Crippen MR) is 368 cm³/mol. The number of carbonyl (C=O) groups is 2. The number of benzene rings is 8. The fourth-order valence-electron chi connectivity index (χ4n) is 7.60. The summed E-state index contributed by atoms with van der Waals surface area (Å²) in [5.74, 6) is -1.16. The quantitative estimate of drug-likeness (QED) is 0.0337. The average molecular weight is 1250 g/mol. The summed E-state index contributed by atoms with van der Waals surface area (Å²) in [5, 5.41) is 59.4. The molecule has 0 saturated carbocycles. The zero-order valence-electron chi connectivity index (χ0n) is 52.7. The highest BCUT2D eigenvalue weighted by Crippen LogP contribution is 2.24. The highest BCUT2D eigenvalue weighted by molar-refractivity contribution is 5.88. The number of halogens is 2. The summed E-state index contributed by atoms with van der Waals surface area (Å²) in [5.41, 5.74) is 15.3. The molecule has 8 aromatic carbocycles. The van der Waals surface area contributed by atoms with Crippen molar-refractivity contribution >= 4 is 84.8 Å². The Morgan fingerprint density at radius 1 is 0.407 bits per heavy atom. The Morgan fingerprint density at radius 2 is 0.714 bits per heavy atom. The molecule has 0 spiro atoms. The molecule has 0 bridgehead atoms. The van der Waals surface area contributed by atoms with E-state index in [1.165, 1.54) is 46.1 Å². The van der Waals surface area contributed by atoms with Crippen LogP contribution < -0.4 is 14.7 Å². The molecule has 0 saturated heterocycles. The van der Waals surface area contributed by atoms with E-state index in [1.807, 2.05) is 118 Å². The predicted octanol–water partition coefficient (Wildman–Crippen LogP) is 16.0. The van der Waals surface area contributed by atoms with Crippen molar-refractivity contribution in [2.45, 2.75) is 62.5 Å². The molecule has 3 radical (unpaired) electrons. The molecule has 0 aliphatic rings. The van der Waals surface area contributed by atoms with Gasteiger partial charge in [0.1, 0.15) is 6.29 Å². The maximum atomic E-state index is 10.9. The molecule has 91 heavy (non-hydrogen) atoms. The van der Waals surface area contributed by atoms with E-state index in [9.17, 15) is 50.0 Å². The molecule has 0 amide bonds. The number of aryl methyl sites for hydroxylation is 7. The lowest BCUT2D eigenvalue weighted by Crippen LogP contribution is -2.08. The van der Waals surface area contributed by atoms with Crippen LogP contribution in [-0.4, -0.2) is 92.9 Å². The van der Waals surface area contributed by atoms with Gasteiger partial charge in [0.25, 0.3) is 22.7 Å². The van der Waals surface area contributed by atoms with Crippen LogP contribution in [0.3, 0.4) is 0 Å². The summed E-state index contributed by atoms with van der Waals surface area (Å²) in [6.45, 7) is 12.7. The van der Waals surface area contributed by atoms with Gasteiger partial charge < -0.3 is 24.9 Å². The Labute approximate surface area is 533 Å². The number of nitrogens with zero attached hydrogens (tertiary/aromatic N) is 7. The van der Waals surface area contributed by atoms with Gasteiger partial charge in [0.15, 0.2) is 0 Å². The van der Waals surface area contributed by atoms with E-state index in [1.54, 1.807) is 64.1 Å². The number of hydrogen-bond acceptors (Lipinski definition) is 14. The van der Waals surface area contributed by atoms with Gasteiger partial charge in [-0.15, -0.1) is 0 Å². The normalized spacial score (nSPS) is 9.74. The molecule has 0 atom stereocenters. The first-order valence-electron chi connectivity index (χ1n) is 27.1. The van der Waals surface area contributed by atoms with Crippen LogP contribution in [0.15, 0.2) is 164 Å². The lowest BCUT2D eigenvalue weighted by atomic mass is 10.1. The van der Waals surface area contributed by atoms with Crippen molar-refractivity contribution in [3.8, 4) is 0 Å². The molecule has 8 aromatic rings. The van der Waals surface area contributed by atoms with Crippen LogP contribution in [-0.2, 0) is 6.61 Å². The highest BCUT2D eigenvalue weighted by Gasteiger charge is 2.15. The number of aromatic carboxylic acids is 1. The van der Waals surface area contributed by atoms with E-state index in [0.29, 0.717) is 27.8 Å². The van der Waals surface area contributed by atoms with Gasteiger partial charge in [-0.05, 0) is 148 Å². The molecule has 2 N–H and O–H groups in total. The Hall–Kier alpha value is -10.7. The third-order valence-corrected chi connectivity index (χ3v) is 13.1. The molecule has 0 fully saturated rings. The van der Waals surface area contributed by atoms with Crippen molar-refractivity contribution in [1.29, 1.82) is 0 Å². The van der Waals surface area contributed by atoms with E-state index in [0.717, 1.165) is 46.0 Å². The van der Waals surface area contributed by atoms with Crippen LogP contribution in [0.2, 0.25) is 0 Å². The number of carboxylic acids is 1. The van der Waals surface area contributed by atoms with Gasteiger partial charge in [0, 0.05) is 120 Å². The number of carbonyl (C=O) groups excluding carboxylic acids is 1. The number of aliphatic hydroxyl groups is 1. The second-order valence-corrected chi connectivity index (χ2v) is 20.5. The van der Waals surface area contributed by atoms with Crippen LogP contribution in [0.4, 0.5) is 49.2 Å². The van der Waals surface area contributed by atoms with Gasteiger partial charge in [0.05, 0.1) is 31.9 Å². The van der Waals surface area contributed by atoms with E-state index in [2.05, 4.69) is 87.5 Å². The largest absolute Gasteiger partial charge is 0.478 e. The number of rotatable bonds is 14. The van der Waals surface area contributed by atoms with Gasteiger partial charge in [-0.2, -0.15) is 0 Å². The van der Waals surface area contributed by atoms with Gasteiger partial charge >= 0.3 is 5.97 Å². The van der Waals surface area contributed by atoms with E-state index in [-0.39, 0.29) is 70.0 Å². The molecule has 0 aliphatic carbocycles. The molecular formula is C69H81BF2N7O12.